The van der Waals surface area contributed by atoms with Gasteiger partial charge >= 0.3 is 6.18 Å². The summed E-state index contributed by atoms with van der Waals surface area (Å²) >= 11 is 0. The second-order valence-corrected chi connectivity index (χ2v) is 5.25. The highest BCUT2D eigenvalue weighted by Crippen LogP contribution is 2.22. The zero-order valence-corrected chi connectivity index (χ0v) is 9.77. The SMILES string of the molecule is N#Cc1cn[nH]c1NS(=O)(=O)CCCC(F)(F)F. The van der Waals surface area contributed by atoms with Crippen LogP contribution in [0.4, 0.5) is 19.0 Å². The van der Waals surface area contributed by atoms with Gasteiger partial charge in [0, 0.05) is 6.42 Å². The maximum Gasteiger partial charge on any atom is 0.389 e. The fraction of sp³-hybridized carbons (Fsp3) is 0.500. The molecule has 0 aliphatic carbocycles. The first kappa shape index (κ1) is 14.3. The Morgan fingerprint density at radius 3 is 2.72 bits per heavy atom. The van der Waals surface area contributed by atoms with Crippen LogP contribution in [0.1, 0.15) is 18.4 Å². The maximum atomic E-state index is 11.9. The zero-order valence-electron chi connectivity index (χ0n) is 8.95. The molecule has 0 saturated carbocycles. The number of anilines is 1. The molecule has 2 N–H and O–H groups in total. The third kappa shape index (κ3) is 4.62. The summed E-state index contributed by atoms with van der Waals surface area (Å²) in [5, 5.41) is 14.3. The number of alkyl halides is 3. The summed E-state index contributed by atoms with van der Waals surface area (Å²) in [5.41, 5.74) is -0.0330. The molecule has 1 rings (SSSR count). The minimum absolute atomic E-state index is 0.0330. The number of aromatic nitrogens is 2. The van der Waals surface area contributed by atoms with Gasteiger partial charge in [0.1, 0.15) is 11.6 Å². The molecule has 0 fully saturated rings. The van der Waals surface area contributed by atoms with E-state index in [1.54, 1.807) is 6.07 Å². The number of nitrogens with one attached hydrogen (secondary N) is 2. The van der Waals surface area contributed by atoms with Gasteiger partial charge in [-0.2, -0.15) is 23.5 Å². The number of hydrogen-bond donors (Lipinski definition) is 2. The van der Waals surface area contributed by atoms with Crippen LogP contribution < -0.4 is 4.72 Å². The number of sulfonamides is 1. The summed E-state index contributed by atoms with van der Waals surface area (Å²) in [6, 6.07) is 1.68. The summed E-state index contributed by atoms with van der Waals surface area (Å²) in [5.74, 6) is -0.833. The third-order valence-electron chi connectivity index (χ3n) is 1.89. The second kappa shape index (κ2) is 5.26. The lowest BCUT2D eigenvalue weighted by atomic mass is 10.3. The summed E-state index contributed by atoms with van der Waals surface area (Å²) in [6.07, 6.45) is -5.01. The molecular weight excluding hydrogens is 273 g/mol. The largest absolute Gasteiger partial charge is 0.389 e. The zero-order chi connectivity index (χ0) is 13.8. The van der Waals surface area contributed by atoms with Gasteiger partial charge in [-0.25, -0.2) is 8.42 Å². The lowest BCUT2D eigenvalue weighted by Gasteiger charge is -2.07. The Hall–Kier alpha value is -1.76. The van der Waals surface area contributed by atoms with E-state index < -0.39 is 34.8 Å². The number of H-pyrrole nitrogens is 1. The summed E-state index contributed by atoms with van der Waals surface area (Å²) in [6.45, 7) is 0. The van der Waals surface area contributed by atoms with Crippen LogP contribution in [0.15, 0.2) is 6.20 Å². The smallest absolute Gasteiger partial charge is 0.267 e. The van der Waals surface area contributed by atoms with Crippen LogP contribution in [0.5, 0.6) is 0 Å². The average Bonchev–Trinajstić information content (AvgIpc) is 2.61. The summed E-state index contributed by atoms with van der Waals surface area (Å²) in [7, 11) is -3.93. The van der Waals surface area contributed by atoms with Gasteiger partial charge in [0.25, 0.3) is 0 Å². The van der Waals surface area contributed by atoms with E-state index in [9.17, 15) is 21.6 Å². The number of rotatable bonds is 5. The predicted octanol–water partition coefficient (Wildman–Crippen LogP) is 1.37. The van der Waals surface area contributed by atoms with E-state index in [1.165, 1.54) is 0 Å². The predicted molar refractivity (Wildman–Crippen MR) is 56.0 cm³/mol. The van der Waals surface area contributed by atoms with Crippen molar-refractivity contribution in [1.29, 1.82) is 5.26 Å². The van der Waals surface area contributed by atoms with Crippen molar-refractivity contribution in [3.05, 3.63) is 11.8 Å². The number of aromatic amines is 1. The molecule has 0 unspecified atom stereocenters. The van der Waals surface area contributed by atoms with Crippen molar-refractivity contribution in [2.75, 3.05) is 10.5 Å². The van der Waals surface area contributed by atoms with E-state index in [4.69, 9.17) is 5.26 Å². The number of hydrogen-bond acceptors (Lipinski definition) is 4. The highest BCUT2D eigenvalue weighted by molar-refractivity contribution is 7.92. The fourth-order valence-corrected chi connectivity index (χ4v) is 2.21. The first-order valence-corrected chi connectivity index (χ1v) is 6.39. The van der Waals surface area contributed by atoms with Crippen LogP contribution >= 0.6 is 0 Å². The normalized spacial score (nSPS) is 12.1. The molecule has 0 atom stereocenters. The Balaban J connectivity index is 2.59. The van der Waals surface area contributed by atoms with Gasteiger partial charge < -0.3 is 0 Å². The van der Waals surface area contributed by atoms with E-state index in [1.807, 2.05) is 4.72 Å². The highest BCUT2D eigenvalue weighted by atomic mass is 32.2. The topological polar surface area (TPSA) is 98.6 Å². The van der Waals surface area contributed by atoms with Crippen molar-refractivity contribution in [3.8, 4) is 6.07 Å². The molecule has 0 amide bonds. The monoisotopic (exact) mass is 282 g/mol. The molecule has 0 saturated heterocycles. The number of nitriles is 1. The Kier molecular flexibility index (Phi) is 4.18. The molecule has 0 aliphatic heterocycles. The molecule has 10 heteroatoms. The maximum absolute atomic E-state index is 11.9. The van der Waals surface area contributed by atoms with Crippen molar-refractivity contribution in [1.82, 2.24) is 10.2 Å². The van der Waals surface area contributed by atoms with Gasteiger partial charge in [-0.05, 0) is 6.42 Å². The van der Waals surface area contributed by atoms with E-state index in [0.717, 1.165) is 6.20 Å². The van der Waals surface area contributed by atoms with Gasteiger partial charge in [-0.15, -0.1) is 0 Å². The van der Waals surface area contributed by atoms with E-state index >= 15 is 0 Å². The van der Waals surface area contributed by atoms with Crippen LogP contribution in [0.2, 0.25) is 0 Å². The molecule has 1 aromatic rings. The first-order chi connectivity index (χ1) is 8.23. The molecule has 1 heterocycles. The van der Waals surface area contributed by atoms with Gasteiger partial charge in [0.2, 0.25) is 10.0 Å². The van der Waals surface area contributed by atoms with Crippen LogP contribution in [-0.4, -0.2) is 30.5 Å². The Labute approximate surface area is 101 Å². The van der Waals surface area contributed by atoms with Gasteiger partial charge in [0.05, 0.1) is 11.9 Å². The van der Waals surface area contributed by atoms with Crippen molar-refractivity contribution in [3.63, 3.8) is 0 Å². The molecule has 0 spiro atoms. The highest BCUT2D eigenvalue weighted by Gasteiger charge is 2.27. The van der Waals surface area contributed by atoms with Crippen molar-refractivity contribution >= 4 is 15.8 Å². The Morgan fingerprint density at radius 2 is 2.17 bits per heavy atom. The Bertz CT molecular complexity index is 543. The summed E-state index contributed by atoms with van der Waals surface area (Å²) < 4.78 is 60.4. The minimum Gasteiger partial charge on any atom is -0.267 e. The standard InChI is InChI=1S/C8H9F3N4O2S/c9-8(10,11)2-1-3-18(16,17)15-7-6(4-12)5-13-14-7/h5H,1-3H2,(H2,13,14,15). The van der Waals surface area contributed by atoms with E-state index in [2.05, 4.69) is 10.2 Å². The van der Waals surface area contributed by atoms with E-state index in [-0.39, 0.29) is 11.4 Å². The third-order valence-corrected chi connectivity index (χ3v) is 3.23. The van der Waals surface area contributed by atoms with Crippen molar-refractivity contribution < 1.29 is 21.6 Å². The summed E-state index contributed by atoms with van der Waals surface area (Å²) in [4.78, 5) is 0. The lowest BCUT2D eigenvalue weighted by Crippen LogP contribution is -2.19. The molecule has 0 aromatic carbocycles. The van der Waals surface area contributed by atoms with Gasteiger partial charge in [0.15, 0.2) is 5.82 Å². The van der Waals surface area contributed by atoms with Crippen LogP contribution in [0.3, 0.4) is 0 Å². The van der Waals surface area contributed by atoms with Crippen LogP contribution in [0.25, 0.3) is 0 Å². The molecule has 0 bridgehead atoms. The number of nitrogens with zero attached hydrogens (tertiary/aromatic N) is 2. The quantitative estimate of drug-likeness (QED) is 0.851. The molecule has 18 heavy (non-hydrogen) atoms. The Morgan fingerprint density at radius 1 is 1.50 bits per heavy atom. The van der Waals surface area contributed by atoms with Gasteiger partial charge in [-0.1, -0.05) is 0 Å². The molecule has 0 radical (unpaired) electrons. The molecule has 0 aliphatic rings. The second-order valence-electron chi connectivity index (χ2n) is 3.41. The van der Waals surface area contributed by atoms with Crippen LogP contribution in [-0.2, 0) is 10.0 Å². The lowest BCUT2D eigenvalue weighted by molar-refractivity contribution is -0.134. The minimum atomic E-state index is -4.39. The molecular formula is C8H9F3N4O2S. The average molecular weight is 282 g/mol. The molecule has 6 nitrogen and oxygen atoms in total. The van der Waals surface area contributed by atoms with E-state index in [0.29, 0.717) is 0 Å². The van der Waals surface area contributed by atoms with Crippen LogP contribution in [0, 0.1) is 11.3 Å². The molecule has 100 valence electrons. The van der Waals surface area contributed by atoms with Gasteiger partial charge in [-0.3, -0.25) is 9.82 Å². The van der Waals surface area contributed by atoms with Crippen molar-refractivity contribution in [2.45, 2.75) is 19.0 Å². The first-order valence-electron chi connectivity index (χ1n) is 4.74. The van der Waals surface area contributed by atoms with Crippen molar-refractivity contribution in [2.24, 2.45) is 0 Å². The molecule has 1 aromatic heterocycles. The number of halogens is 3. The fourth-order valence-electron chi connectivity index (χ4n) is 1.12.